The molecular weight excluding hydrogens is 479 g/mol. The minimum Gasteiger partial charge on any atom is -0.379 e. The van der Waals surface area contributed by atoms with Crippen molar-refractivity contribution in [3.8, 4) is 5.69 Å². The summed E-state index contributed by atoms with van der Waals surface area (Å²) in [7, 11) is 1.87. The van der Waals surface area contributed by atoms with Crippen molar-refractivity contribution in [2.45, 2.75) is 13.0 Å². The van der Waals surface area contributed by atoms with Crippen LogP contribution in [0.25, 0.3) is 5.69 Å². The highest BCUT2D eigenvalue weighted by Gasteiger charge is 2.27. The SMILES string of the molecule is CN=C(NCc1cccc(-n2cccn2)c1)N1CCC(CN2CCOCC2)C1.I. The van der Waals surface area contributed by atoms with E-state index in [1.165, 1.54) is 18.5 Å². The van der Waals surface area contributed by atoms with Crippen molar-refractivity contribution in [3.05, 3.63) is 48.3 Å². The van der Waals surface area contributed by atoms with Gasteiger partial charge in [0.2, 0.25) is 0 Å². The van der Waals surface area contributed by atoms with Crippen LogP contribution in [0, 0.1) is 5.92 Å². The van der Waals surface area contributed by atoms with E-state index in [9.17, 15) is 0 Å². The Labute approximate surface area is 190 Å². The van der Waals surface area contributed by atoms with Crippen LogP contribution in [-0.2, 0) is 11.3 Å². The molecule has 29 heavy (non-hydrogen) atoms. The molecule has 7 nitrogen and oxygen atoms in total. The number of aromatic nitrogens is 2. The molecule has 2 aromatic rings. The highest BCUT2D eigenvalue weighted by atomic mass is 127. The lowest BCUT2D eigenvalue weighted by Crippen LogP contribution is -2.42. The number of likely N-dealkylation sites (tertiary alicyclic amines) is 1. The van der Waals surface area contributed by atoms with Crippen LogP contribution in [0.5, 0.6) is 0 Å². The van der Waals surface area contributed by atoms with Crippen molar-refractivity contribution in [1.29, 1.82) is 0 Å². The van der Waals surface area contributed by atoms with Crippen LogP contribution in [-0.4, -0.2) is 78.5 Å². The van der Waals surface area contributed by atoms with E-state index in [0.717, 1.165) is 57.6 Å². The molecule has 8 heteroatoms. The second-order valence-electron chi connectivity index (χ2n) is 7.53. The molecule has 0 bridgehead atoms. The van der Waals surface area contributed by atoms with Gasteiger partial charge < -0.3 is 15.0 Å². The molecule has 0 spiro atoms. The molecule has 2 saturated heterocycles. The number of hydrogen-bond acceptors (Lipinski definition) is 4. The van der Waals surface area contributed by atoms with Gasteiger partial charge in [-0.25, -0.2) is 4.68 Å². The summed E-state index contributed by atoms with van der Waals surface area (Å²) in [4.78, 5) is 9.45. The van der Waals surface area contributed by atoms with Crippen LogP contribution in [0.2, 0.25) is 0 Å². The Balaban J connectivity index is 0.00000240. The van der Waals surface area contributed by atoms with E-state index in [0.29, 0.717) is 5.92 Å². The van der Waals surface area contributed by atoms with Gasteiger partial charge in [0.1, 0.15) is 0 Å². The predicted octanol–water partition coefficient (Wildman–Crippen LogP) is 2.22. The highest BCUT2D eigenvalue weighted by molar-refractivity contribution is 14.0. The van der Waals surface area contributed by atoms with Gasteiger partial charge in [0.25, 0.3) is 0 Å². The molecule has 1 N–H and O–H groups in total. The van der Waals surface area contributed by atoms with E-state index in [-0.39, 0.29) is 24.0 Å². The normalized spacial score (nSPS) is 20.5. The van der Waals surface area contributed by atoms with Gasteiger partial charge in [-0.2, -0.15) is 5.10 Å². The fraction of sp³-hybridized carbons (Fsp3) is 0.524. The Bertz CT molecular complexity index is 775. The topological polar surface area (TPSA) is 57.9 Å². The predicted molar refractivity (Wildman–Crippen MR) is 126 cm³/mol. The number of nitrogens with one attached hydrogen (secondary N) is 1. The average molecular weight is 510 g/mol. The fourth-order valence-electron chi connectivity index (χ4n) is 4.07. The molecule has 4 rings (SSSR count). The summed E-state index contributed by atoms with van der Waals surface area (Å²) in [6, 6.07) is 10.4. The Kier molecular flexibility index (Phi) is 8.31. The first-order valence-electron chi connectivity index (χ1n) is 10.2. The van der Waals surface area contributed by atoms with Crippen molar-refractivity contribution in [1.82, 2.24) is 24.9 Å². The number of nitrogens with zero attached hydrogens (tertiary/aromatic N) is 5. The minimum atomic E-state index is 0. The number of guanidine groups is 1. The standard InChI is InChI=1S/C21H30N6O.HI/c1-22-21(26-9-6-19(17-26)16-25-10-12-28-13-11-25)23-15-18-4-2-5-20(14-18)27-8-3-7-24-27;/h2-5,7-8,14,19H,6,9-13,15-17H2,1H3,(H,22,23);1H. The van der Waals surface area contributed by atoms with E-state index >= 15 is 0 Å². The molecule has 0 amide bonds. The van der Waals surface area contributed by atoms with E-state index in [4.69, 9.17) is 4.74 Å². The third-order valence-corrected chi connectivity index (χ3v) is 5.55. The average Bonchev–Trinajstić information content (AvgIpc) is 3.42. The first-order chi connectivity index (χ1) is 13.8. The third-order valence-electron chi connectivity index (χ3n) is 5.55. The first kappa shape index (κ1) is 22.0. The second kappa shape index (κ2) is 10.9. The zero-order valence-corrected chi connectivity index (χ0v) is 19.4. The maximum Gasteiger partial charge on any atom is 0.193 e. The zero-order chi connectivity index (χ0) is 19.2. The number of hydrogen-bond donors (Lipinski definition) is 1. The molecule has 1 aromatic carbocycles. The third kappa shape index (κ3) is 5.93. The van der Waals surface area contributed by atoms with Gasteiger partial charge in [0.05, 0.1) is 18.9 Å². The Hall–Kier alpha value is -1.65. The van der Waals surface area contributed by atoms with Gasteiger partial charge >= 0.3 is 0 Å². The summed E-state index contributed by atoms with van der Waals surface area (Å²) in [6.45, 7) is 7.95. The molecule has 0 saturated carbocycles. The van der Waals surface area contributed by atoms with Crippen LogP contribution in [0.1, 0.15) is 12.0 Å². The summed E-state index contributed by atoms with van der Waals surface area (Å²) in [5.41, 5.74) is 2.30. The molecule has 1 aromatic heterocycles. The molecule has 1 unspecified atom stereocenters. The molecule has 0 radical (unpaired) electrons. The smallest absolute Gasteiger partial charge is 0.193 e. The van der Waals surface area contributed by atoms with Crippen molar-refractivity contribution in [2.24, 2.45) is 10.9 Å². The Morgan fingerprint density at radius 2 is 2.10 bits per heavy atom. The monoisotopic (exact) mass is 510 g/mol. The lowest BCUT2D eigenvalue weighted by atomic mass is 10.1. The molecule has 2 fully saturated rings. The van der Waals surface area contributed by atoms with Gasteiger partial charge in [-0.1, -0.05) is 12.1 Å². The largest absolute Gasteiger partial charge is 0.379 e. The van der Waals surface area contributed by atoms with Crippen LogP contribution >= 0.6 is 24.0 Å². The van der Waals surface area contributed by atoms with Crippen molar-refractivity contribution >= 4 is 29.9 Å². The van der Waals surface area contributed by atoms with E-state index in [1.807, 2.05) is 24.0 Å². The van der Waals surface area contributed by atoms with Gasteiger partial charge in [0.15, 0.2) is 5.96 Å². The van der Waals surface area contributed by atoms with Crippen LogP contribution in [0.4, 0.5) is 0 Å². The minimum absolute atomic E-state index is 0. The zero-order valence-electron chi connectivity index (χ0n) is 17.0. The molecule has 158 valence electrons. The summed E-state index contributed by atoms with van der Waals surface area (Å²) in [5.74, 6) is 1.70. The summed E-state index contributed by atoms with van der Waals surface area (Å²) in [6.07, 6.45) is 4.99. The number of ether oxygens (including phenoxy) is 1. The van der Waals surface area contributed by atoms with E-state index < -0.39 is 0 Å². The van der Waals surface area contributed by atoms with Gasteiger partial charge in [-0.3, -0.25) is 9.89 Å². The molecule has 2 aliphatic rings. The van der Waals surface area contributed by atoms with Crippen LogP contribution in [0.15, 0.2) is 47.7 Å². The molecule has 3 heterocycles. The summed E-state index contributed by atoms with van der Waals surface area (Å²) < 4.78 is 7.34. The maximum atomic E-state index is 5.46. The molecular formula is C21H31IN6O. The van der Waals surface area contributed by atoms with Gasteiger partial charge in [0, 0.05) is 58.7 Å². The van der Waals surface area contributed by atoms with Crippen LogP contribution < -0.4 is 5.32 Å². The van der Waals surface area contributed by atoms with Crippen molar-refractivity contribution < 1.29 is 4.74 Å². The van der Waals surface area contributed by atoms with E-state index in [1.54, 1.807) is 6.20 Å². The number of aliphatic imine (C=N–C) groups is 1. The van der Waals surface area contributed by atoms with E-state index in [2.05, 4.69) is 49.5 Å². The Morgan fingerprint density at radius 3 is 2.86 bits per heavy atom. The van der Waals surface area contributed by atoms with Crippen LogP contribution in [0.3, 0.4) is 0 Å². The molecule has 2 aliphatic heterocycles. The number of benzene rings is 1. The Morgan fingerprint density at radius 1 is 1.24 bits per heavy atom. The van der Waals surface area contributed by atoms with Crippen molar-refractivity contribution in [2.75, 3.05) is 53.0 Å². The second-order valence-corrected chi connectivity index (χ2v) is 7.53. The summed E-state index contributed by atoms with van der Waals surface area (Å²) >= 11 is 0. The maximum absolute atomic E-state index is 5.46. The molecule has 1 atom stereocenters. The number of rotatable bonds is 5. The highest BCUT2D eigenvalue weighted by Crippen LogP contribution is 2.18. The van der Waals surface area contributed by atoms with Gasteiger partial charge in [-0.15, -0.1) is 24.0 Å². The lowest BCUT2D eigenvalue weighted by Gasteiger charge is -2.29. The number of morpholine rings is 1. The lowest BCUT2D eigenvalue weighted by molar-refractivity contribution is 0.0315. The van der Waals surface area contributed by atoms with Crippen molar-refractivity contribution in [3.63, 3.8) is 0 Å². The number of halogens is 1. The van der Waals surface area contributed by atoms with Gasteiger partial charge in [-0.05, 0) is 36.1 Å². The first-order valence-corrected chi connectivity index (χ1v) is 10.2. The summed E-state index contributed by atoms with van der Waals surface area (Å²) in [5, 5.41) is 7.85. The quantitative estimate of drug-likeness (QED) is 0.380. The fourth-order valence-corrected chi connectivity index (χ4v) is 4.07. The molecule has 0 aliphatic carbocycles.